The van der Waals surface area contributed by atoms with Crippen molar-refractivity contribution in [3.63, 3.8) is 0 Å². The van der Waals surface area contributed by atoms with Gasteiger partial charge in [0.1, 0.15) is 5.71 Å². The quantitative estimate of drug-likeness (QED) is 0.584. The zero-order valence-corrected chi connectivity index (χ0v) is 15.5. The van der Waals surface area contributed by atoms with Crippen LogP contribution >= 0.6 is 11.3 Å². The van der Waals surface area contributed by atoms with Gasteiger partial charge >= 0.3 is 11.9 Å². The Morgan fingerprint density at radius 2 is 1.96 bits per heavy atom. The number of nitrogens with one attached hydrogen (secondary N) is 2. The Balaban J connectivity index is 2.07. The van der Waals surface area contributed by atoms with Crippen molar-refractivity contribution in [1.29, 1.82) is 0 Å². The number of amides is 1. The van der Waals surface area contributed by atoms with Gasteiger partial charge in [-0.25, -0.2) is 15.0 Å². The van der Waals surface area contributed by atoms with Crippen molar-refractivity contribution in [3.05, 3.63) is 51.0 Å². The lowest BCUT2D eigenvalue weighted by atomic mass is 10.0. The fraction of sp³-hybridized carbons (Fsp3) is 0.222. The van der Waals surface area contributed by atoms with E-state index in [4.69, 9.17) is 9.47 Å². The van der Waals surface area contributed by atoms with Crippen molar-refractivity contribution in [2.75, 3.05) is 13.2 Å². The third-order valence-electron chi connectivity index (χ3n) is 3.70. The number of carbonyl (C=O) groups is 3. The first-order chi connectivity index (χ1) is 13.1. The van der Waals surface area contributed by atoms with Crippen LogP contribution < -0.4 is 5.43 Å². The molecule has 1 aliphatic rings. The molecule has 0 saturated carbocycles. The second-order valence-corrected chi connectivity index (χ2v) is 6.32. The van der Waals surface area contributed by atoms with Crippen LogP contribution in [0, 0.1) is 0 Å². The first kappa shape index (κ1) is 18.6. The molecule has 0 aromatic carbocycles. The summed E-state index contributed by atoms with van der Waals surface area (Å²) in [5, 5.41) is 5.93. The van der Waals surface area contributed by atoms with E-state index < -0.39 is 17.8 Å². The molecule has 27 heavy (non-hydrogen) atoms. The predicted molar refractivity (Wildman–Crippen MR) is 99.7 cm³/mol. The first-order valence-corrected chi connectivity index (χ1v) is 9.14. The molecule has 2 aromatic heterocycles. The second-order valence-electron chi connectivity index (χ2n) is 5.37. The molecular weight excluding hydrogens is 370 g/mol. The molecular formula is C18H17N3O5S. The number of aromatic nitrogens is 1. The summed E-state index contributed by atoms with van der Waals surface area (Å²) in [7, 11) is 0. The summed E-state index contributed by atoms with van der Waals surface area (Å²) in [5.74, 6) is -1.73. The predicted octanol–water partition coefficient (Wildman–Crippen LogP) is 2.35. The molecule has 3 rings (SSSR count). The minimum absolute atomic E-state index is 0.0213. The van der Waals surface area contributed by atoms with Crippen LogP contribution in [0.15, 0.2) is 34.4 Å². The third-order valence-corrected chi connectivity index (χ3v) is 4.57. The summed E-state index contributed by atoms with van der Waals surface area (Å²) in [6, 6.07) is 3.68. The van der Waals surface area contributed by atoms with Crippen molar-refractivity contribution in [1.82, 2.24) is 10.4 Å². The number of ether oxygens (including phenoxy) is 2. The van der Waals surface area contributed by atoms with E-state index in [-0.39, 0.29) is 35.6 Å². The Bertz CT molecular complexity index is 940. The Hall–Kier alpha value is -3.20. The molecule has 0 radical (unpaired) electrons. The van der Waals surface area contributed by atoms with E-state index in [0.29, 0.717) is 5.71 Å². The summed E-state index contributed by atoms with van der Waals surface area (Å²) in [4.78, 5) is 40.5. The summed E-state index contributed by atoms with van der Waals surface area (Å²) < 4.78 is 10.1. The SMILES string of the molecule is CCOC(=O)c1c[nH]c(C=C2C(=O)NN=C2c2cccs2)c1C(=O)OCC. The highest BCUT2D eigenvalue weighted by molar-refractivity contribution is 7.12. The molecule has 1 amide bonds. The van der Waals surface area contributed by atoms with E-state index in [1.54, 1.807) is 13.8 Å². The number of thiophene rings is 1. The average Bonchev–Trinajstić information content (AvgIpc) is 3.37. The highest BCUT2D eigenvalue weighted by Gasteiger charge is 2.28. The van der Waals surface area contributed by atoms with Gasteiger partial charge in [0.25, 0.3) is 5.91 Å². The standard InChI is InChI=1S/C18H17N3O5S/c1-3-25-17(23)11-9-19-12(14(11)18(24)26-4-2)8-10-15(20-21-16(10)22)13-6-5-7-27-13/h5-9,19H,3-4H2,1-2H3,(H,21,22). The molecule has 3 heterocycles. The Morgan fingerprint density at radius 1 is 1.22 bits per heavy atom. The van der Waals surface area contributed by atoms with Gasteiger partial charge in [-0.15, -0.1) is 11.3 Å². The van der Waals surface area contributed by atoms with E-state index in [0.717, 1.165) is 4.88 Å². The highest BCUT2D eigenvalue weighted by atomic mass is 32.1. The van der Waals surface area contributed by atoms with Crippen LogP contribution in [-0.2, 0) is 14.3 Å². The lowest BCUT2D eigenvalue weighted by molar-refractivity contribution is -0.116. The van der Waals surface area contributed by atoms with Gasteiger partial charge in [-0.05, 0) is 31.4 Å². The van der Waals surface area contributed by atoms with E-state index >= 15 is 0 Å². The number of hydrogen-bond donors (Lipinski definition) is 2. The second kappa shape index (κ2) is 8.00. The minimum Gasteiger partial charge on any atom is -0.462 e. The van der Waals surface area contributed by atoms with Crippen LogP contribution in [0.4, 0.5) is 0 Å². The zero-order chi connectivity index (χ0) is 19.4. The Labute approximate surface area is 158 Å². The third kappa shape index (κ3) is 3.68. The maximum Gasteiger partial charge on any atom is 0.341 e. The molecule has 0 aliphatic carbocycles. The fourth-order valence-corrected chi connectivity index (χ4v) is 3.29. The molecule has 0 bridgehead atoms. The molecule has 2 aromatic rings. The van der Waals surface area contributed by atoms with Crippen molar-refractivity contribution in [3.8, 4) is 0 Å². The molecule has 140 valence electrons. The van der Waals surface area contributed by atoms with Crippen LogP contribution in [0.2, 0.25) is 0 Å². The number of H-pyrrole nitrogens is 1. The van der Waals surface area contributed by atoms with Crippen molar-refractivity contribution < 1.29 is 23.9 Å². The molecule has 0 unspecified atom stereocenters. The van der Waals surface area contributed by atoms with Crippen LogP contribution in [0.1, 0.15) is 45.1 Å². The van der Waals surface area contributed by atoms with Gasteiger partial charge in [0.05, 0.1) is 40.5 Å². The van der Waals surface area contributed by atoms with Crippen LogP contribution in [0.25, 0.3) is 6.08 Å². The number of carbonyl (C=O) groups excluding carboxylic acids is 3. The molecule has 9 heteroatoms. The molecule has 0 saturated heterocycles. The molecule has 0 atom stereocenters. The van der Waals surface area contributed by atoms with E-state index in [1.807, 2.05) is 17.5 Å². The number of hydrazone groups is 1. The Morgan fingerprint density at radius 3 is 2.63 bits per heavy atom. The van der Waals surface area contributed by atoms with Crippen molar-refractivity contribution in [2.45, 2.75) is 13.8 Å². The molecule has 8 nitrogen and oxygen atoms in total. The first-order valence-electron chi connectivity index (χ1n) is 8.26. The Kier molecular flexibility index (Phi) is 5.51. The van der Waals surface area contributed by atoms with Gasteiger partial charge in [0.2, 0.25) is 0 Å². The zero-order valence-electron chi connectivity index (χ0n) is 14.7. The monoisotopic (exact) mass is 387 g/mol. The summed E-state index contributed by atoms with van der Waals surface area (Å²) in [5.41, 5.74) is 3.51. The van der Waals surface area contributed by atoms with Gasteiger partial charge in [0, 0.05) is 6.20 Å². The minimum atomic E-state index is -0.679. The maximum absolute atomic E-state index is 12.4. The normalized spacial score (nSPS) is 14.8. The van der Waals surface area contributed by atoms with Crippen LogP contribution in [0.3, 0.4) is 0 Å². The number of esters is 2. The van der Waals surface area contributed by atoms with Gasteiger partial charge < -0.3 is 14.5 Å². The summed E-state index contributed by atoms with van der Waals surface area (Å²) in [6.45, 7) is 3.65. The highest BCUT2D eigenvalue weighted by Crippen LogP contribution is 2.24. The summed E-state index contributed by atoms with van der Waals surface area (Å²) in [6.07, 6.45) is 2.85. The van der Waals surface area contributed by atoms with Crippen LogP contribution in [-0.4, -0.2) is 41.8 Å². The van der Waals surface area contributed by atoms with Gasteiger partial charge in [-0.3, -0.25) is 4.79 Å². The topological polar surface area (TPSA) is 110 Å². The van der Waals surface area contributed by atoms with E-state index in [2.05, 4.69) is 15.5 Å². The lowest BCUT2D eigenvalue weighted by Gasteiger charge is -2.06. The lowest BCUT2D eigenvalue weighted by Crippen LogP contribution is -2.15. The maximum atomic E-state index is 12.4. The molecule has 0 spiro atoms. The smallest absolute Gasteiger partial charge is 0.341 e. The number of hydrogen-bond acceptors (Lipinski definition) is 7. The molecule has 2 N–H and O–H groups in total. The largest absolute Gasteiger partial charge is 0.462 e. The van der Waals surface area contributed by atoms with Crippen molar-refractivity contribution >= 4 is 41.0 Å². The van der Waals surface area contributed by atoms with Crippen LogP contribution in [0.5, 0.6) is 0 Å². The number of nitrogens with zero attached hydrogens (tertiary/aromatic N) is 1. The summed E-state index contributed by atoms with van der Waals surface area (Å²) >= 11 is 1.43. The number of aromatic amines is 1. The molecule has 1 aliphatic heterocycles. The van der Waals surface area contributed by atoms with E-state index in [9.17, 15) is 14.4 Å². The average molecular weight is 387 g/mol. The number of rotatable bonds is 6. The van der Waals surface area contributed by atoms with Gasteiger partial charge in [-0.2, -0.15) is 5.10 Å². The van der Waals surface area contributed by atoms with Crippen molar-refractivity contribution in [2.24, 2.45) is 5.10 Å². The van der Waals surface area contributed by atoms with Gasteiger partial charge in [-0.1, -0.05) is 6.07 Å². The van der Waals surface area contributed by atoms with Gasteiger partial charge in [0.15, 0.2) is 0 Å². The fourth-order valence-electron chi connectivity index (χ4n) is 2.56. The molecule has 0 fully saturated rings. The van der Waals surface area contributed by atoms with E-state index in [1.165, 1.54) is 23.6 Å².